The van der Waals surface area contributed by atoms with Gasteiger partial charge in [0.15, 0.2) is 11.5 Å². The molecule has 7 heteroatoms. The second-order valence-electron chi connectivity index (χ2n) is 9.26. The van der Waals surface area contributed by atoms with Crippen LogP contribution in [0.1, 0.15) is 34.8 Å². The van der Waals surface area contributed by atoms with E-state index in [-0.39, 0.29) is 5.92 Å². The van der Waals surface area contributed by atoms with Crippen LogP contribution in [0, 0.1) is 11.8 Å². The number of methoxy groups -OCH3 is 3. The van der Waals surface area contributed by atoms with Crippen molar-refractivity contribution in [1.29, 1.82) is 0 Å². The smallest absolute Gasteiger partial charge is 0.328 e. The lowest BCUT2D eigenvalue weighted by Crippen LogP contribution is -2.22. The predicted molar refractivity (Wildman–Crippen MR) is 138 cm³/mol. The van der Waals surface area contributed by atoms with Gasteiger partial charge in [0.1, 0.15) is 0 Å². The molecular formula is C29H33NO6. The standard InChI is InChI=1S/C29H33NO6/c1-34-25-15-23(16-26(35-2)29(25)36-3)28(33)24(14-20-12-21-6-4-5-7-22(21)13-20)18-30-11-10-19(17-30)8-9-27(31)32/h4-11,15-17,20,24,28,33H,12-14,18H2,1-3H3,(H,31,32)/b9-8+/t24-,28+/m0/s1. The molecule has 0 bridgehead atoms. The number of fused-ring (bicyclic) bond motifs is 1. The van der Waals surface area contributed by atoms with Crippen LogP contribution in [0.25, 0.3) is 6.08 Å². The number of hydrogen-bond donors (Lipinski definition) is 2. The average Bonchev–Trinajstić information content (AvgIpc) is 3.51. The van der Waals surface area contributed by atoms with Gasteiger partial charge in [-0.1, -0.05) is 24.3 Å². The van der Waals surface area contributed by atoms with Crippen LogP contribution >= 0.6 is 0 Å². The first-order valence-electron chi connectivity index (χ1n) is 12.0. The Balaban J connectivity index is 1.62. The molecule has 0 saturated carbocycles. The number of benzene rings is 2. The summed E-state index contributed by atoms with van der Waals surface area (Å²) in [4.78, 5) is 10.9. The lowest BCUT2D eigenvalue weighted by atomic mass is 9.85. The molecule has 0 spiro atoms. The number of carboxylic acid groups (broad SMARTS) is 1. The van der Waals surface area contributed by atoms with E-state index < -0.39 is 12.1 Å². The molecule has 4 rings (SSSR count). The lowest BCUT2D eigenvalue weighted by molar-refractivity contribution is -0.131. The molecule has 2 aromatic carbocycles. The van der Waals surface area contributed by atoms with Gasteiger partial charge in [-0.3, -0.25) is 0 Å². The van der Waals surface area contributed by atoms with Crippen LogP contribution in [0.5, 0.6) is 17.2 Å². The second kappa shape index (κ2) is 11.4. The molecule has 2 atom stereocenters. The molecule has 0 saturated heterocycles. The highest BCUT2D eigenvalue weighted by Gasteiger charge is 2.30. The minimum Gasteiger partial charge on any atom is -0.493 e. The van der Waals surface area contributed by atoms with Crippen LogP contribution in [0.3, 0.4) is 0 Å². The summed E-state index contributed by atoms with van der Waals surface area (Å²) in [6, 6.07) is 14.0. The van der Waals surface area contributed by atoms with Crippen molar-refractivity contribution in [3.05, 3.63) is 83.2 Å². The zero-order chi connectivity index (χ0) is 25.7. The first kappa shape index (κ1) is 25.4. The largest absolute Gasteiger partial charge is 0.493 e. The maximum Gasteiger partial charge on any atom is 0.328 e. The number of ether oxygens (including phenoxy) is 3. The Morgan fingerprint density at radius 1 is 1.06 bits per heavy atom. The number of carbonyl (C=O) groups is 1. The summed E-state index contributed by atoms with van der Waals surface area (Å²) in [5.74, 6) is 0.820. The monoisotopic (exact) mass is 491 g/mol. The molecular weight excluding hydrogens is 458 g/mol. The molecule has 1 aliphatic rings. The van der Waals surface area contributed by atoms with Crippen molar-refractivity contribution in [3.63, 3.8) is 0 Å². The number of aliphatic hydroxyl groups is 1. The minimum atomic E-state index is -0.987. The van der Waals surface area contributed by atoms with E-state index in [9.17, 15) is 9.90 Å². The SMILES string of the molecule is COc1cc([C@@H](O)[C@@H](CC2Cc3ccccc3C2)Cn2ccc(/C=C/C(=O)O)c2)cc(OC)c1OC. The van der Waals surface area contributed by atoms with Gasteiger partial charge >= 0.3 is 5.97 Å². The third-order valence-electron chi connectivity index (χ3n) is 6.88. The highest BCUT2D eigenvalue weighted by atomic mass is 16.5. The third-order valence-corrected chi connectivity index (χ3v) is 6.88. The van der Waals surface area contributed by atoms with E-state index in [2.05, 4.69) is 24.3 Å². The number of aliphatic hydroxyl groups excluding tert-OH is 1. The number of carboxylic acids is 1. The Morgan fingerprint density at radius 3 is 2.25 bits per heavy atom. The van der Waals surface area contributed by atoms with Crippen LogP contribution in [0.2, 0.25) is 0 Å². The van der Waals surface area contributed by atoms with E-state index in [1.807, 2.05) is 23.0 Å². The van der Waals surface area contributed by atoms with Gasteiger partial charge in [0.25, 0.3) is 0 Å². The quantitative estimate of drug-likeness (QED) is 0.376. The Hall–Kier alpha value is -3.71. The number of aliphatic carboxylic acids is 1. The number of hydrogen-bond acceptors (Lipinski definition) is 5. The Kier molecular flexibility index (Phi) is 8.00. The van der Waals surface area contributed by atoms with Gasteiger partial charge in [-0.2, -0.15) is 0 Å². The summed E-state index contributed by atoms with van der Waals surface area (Å²) in [5.41, 5.74) is 4.26. The van der Waals surface area contributed by atoms with Gasteiger partial charge in [-0.15, -0.1) is 0 Å². The summed E-state index contributed by atoms with van der Waals surface area (Å²) >= 11 is 0. The van der Waals surface area contributed by atoms with E-state index in [1.165, 1.54) is 11.1 Å². The van der Waals surface area contributed by atoms with E-state index >= 15 is 0 Å². The zero-order valence-electron chi connectivity index (χ0n) is 20.9. The maximum atomic E-state index is 11.6. The zero-order valence-corrected chi connectivity index (χ0v) is 20.9. The molecule has 1 aliphatic carbocycles. The second-order valence-corrected chi connectivity index (χ2v) is 9.26. The van der Waals surface area contributed by atoms with E-state index in [0.29, 0.717) is 35.3 Å². The molecule has 190 valence electrons. The summed E-state index contributed by atoms with van der Waals surface area (Å²) in [6.45, 7) is 0.575. The fraction of sp³-hybridized carbons (Fsp3) is 0.345. The van der Waals surface area contributed by atoms with Crippen LogP contribution in [-0.4, -0.2) is 42.1 Å². The van der Waals surface area contributed by atoms with E-state index in [0.717, 1.165) is 30.9 Å². The number of aromatic nitrogens is 1. The summed E-state index contributed by atoms with van der Waals surface area (Å²) < 4.78 is 18.5. The topological polar surface area (TPSA) is 90.2 Å². The molecule has 7 nitrogen and oxygen atoms in total. The molecule has 1 heterocycles. The molecule has 3 aromatic rings. The van der Waals surface area contributed by atoms with Crippen molar-refractivity contribution >= 4 is 12.0 Å². The van der Waals surface area contributed by atoms with Gasteiger partial charge in [0.05, 0.1) is 27.4 Å². The molecule has 0 aliphatic heterocycles. The number of rotatable bonds is 11. The van der Waals surface area contributed by atoms with Gasteiger partial charge in [0.2, 0.25) is 5.75 Å². The first-order valence-corrected chi connectivity index (χ1v) is 12.0. The Labute approximate surface area is 211 Å². The fourth-order valence-electron chi connectivity index (χ4n) is 5.20. The van der Waals surface area contributed by atoms with Crippen molar-refractivity contribution in [2.24, 2.45) is 11.8 Å². The van der Waals surface area contributed by atoms with E-state index in [1.54, 1.807) is 39.5 Å². The highest BCUT2D eigenvalue weighted by Crippen LogP contribution is 2.42. The third kappa shape index (κ3) is 5.74. The van der Waals surface area contributed by atoms with Gasteiger partial charge < -0.3 is 29.0 Å². The molecule has 36 heavy (non-hydrogen) atoms. The fourth-order valence-corrected chi connectivity index (χ4v) is 5.20. The summed E-state index contributed by atoms with van der Waals surface area (Å²) in [7, 11) is 4.68. The first-order chi connectivity index (χ1) is 17.4. The van der Waals surface area contributed by atoms with Gasteiger partial charge in [0, 0.05) is 30.9 Å². The predicted octanol–water partition coefficient (Wildman–Crippen LogP) is 4.77. The lowest BCUT2D eigenvalue weighted by Gasteiger charge is -2.27. The Bertz CT molecular complexity index is 1180. The van der Waals surface area contributed by atoms with Crippen LogP contribution in [0.4, 0.5) is 0 Å². The maximum absolute atomic E-state index is 11.6. The summed E-state index contributed by atoms with van der Waals surface area (Å²) in [5, 5.41) is 20.6. The minimum absolute atomic E-state index is 0.101. The van der Waals surface area contributed by atoms with E-state index in [4.69, 9.17) is 19.3 Å². The summed E-state index contributed by atoms with van der Waals surface area (Å²) in [6.07, 6.45) is 8.54. The molecule has 0 unspecified atom stereocenters. The highest BCUT2D eigenvalue weighted by molar-refractivity contribution is 5.85. The van der Waals surface area contributed by atoms with Crippen LogP contribution in [0.15, 0.2) is 60.9 Å². The Morgan fingerprint density at radius 2 is 1.69 bits per heavy atom. The molecule has 0 amide bonds. The van der Waals surface area contributed by atoms with Crippen molar-refractivity contribution in [2.45, 2.75) is 31.9 Å². The molecule has 0 radical (unpaired) electrons. The normalized spacial score (nSPS) is 15.0. The number of nitrogens with zero attached hydrogens (tertiary/aromatic N) is 1. The average molecular weight is 492 g/mol. The van der Waals surface area contributed by atoms with Gasteiger partial charge in [-0.05, 0) is 71.7 Å². The molecule has 2 N–H and O–H groups in total. The van der Waals surface area contributed by atoms with Crippen molar-refractivity contribution in [1.82, 2.24) is 4.57 Å². The van der Waals surface area contributed by atoms with Crippen LogP contribution in [-0.2, 0) is 24.2 Å². The van der Waals surface area contributed by atoms with Crippen molar-refractivity contribution < 1.29 is 29.2 Å². The van der Waals surface area contributed by atoms with Crippen molar-refractivity contribution in [2.75, 3.05) is 21.3 Å². The molecule has 0 fully saturated rings. The van der Waals surface area contributed by atoms with Crippen LogP contribution < -0.4 is 14.2 Å². The van der Waals surface area contributed by atoms with Crippen molar-refractivity contribution in [3.8, 4) is 17.2 Å². The molecule has 1 aromatic heterocycles. The van der Waals surface area contributed by atoms with Gasteiger partial charge in [-0.25, -0.2) is 4.79 Å².